The zero-order valence-electron chi connectivity index (χ0n) is 6.32. The Labute approximate surface area is 79.8 Å². The number of aliphatic hydroxyl groups is 1. The molecule has 0 aromatic rings. The van der Waals surface area contributed by atoms with Crippen LogP contribution < -0.4 is 15.9 Å². The molecule has 0 amide bonds. The second-order valence-electron chi connectivity index (χ2n) is 1.57. The van der Waals surface area contributed by atoms with Crippen molar-refractivity contribution in [1.82, 2.24) is 0 Å². The Morgan fingerprint density at radius 3 is 1.67 bits per heavy atom. The van der Waals surface area contributed by atoms with E-state index in [0.29, 0.717) is 0 Å². The van der Waals surface area contributed by atoms with E-state index in [0.717, 1.165) is 6.92 Å². The van der Waals surface area contributed by atoms with Gasteiger partial charge in [0.2, 0.25) is 0 Å². The molecule has 0 rings (SSSR count). The van der Waals surface area contributed by atoms with Crippen LogP contribution in [0.5, 0.6) is 0 Å². The molecule has 0 heterocycles. The number of nitrogens with two attached hydrogens (primary N) is 1. The number of carboxylic acids is 2. The van der Waals surface area contributed by atoms with E-state index in [-0.39, 0.29) is 23.6 Å². The summed E-state index contributed by atoms with van der Waals surface area (Å²) in [7, 11) is 0. The second kappa shape index (κ2) is 10.4. The maximum absolute atomic E-state index is 9.34. The quantitative estimate of drug-likeness (QED) is 0.452. The van der Waals surface area contributed by atoms with Gasteiger partial charge in [-0.15, -0.1) is 0 Å². The summed E-state index contributed by atoms with van der Waals surface area (Å²) < 4.78 is 0. The third kappa shape index (κ3) is 22.8. The van der Waals surface area contributed by atoms with E-state index >= 15 is 0 Å². The average Bonchev–Trinajstić information content (AvgIpc) is 1.89. The van der Waals surface area contributed by atoms with Gasteiger partial charge in [0, 0.05) is 6.54 Å². The topological polar surface area (TPSA) is 127 Å². The predicted octanol–water partition coefficient (Wildman–Crippen LogP) is -4.19. The zero-order valence-corrected chi connectivity index (χ0v) is 7.50. The van der Waals surface area contributed by atoms with E-state index < -0.39 is 18.0 Å². The minimum absolute atomic E-state index is 0. The van der Waals surface area contributed by atoms with Gasteiger partial charge in [-0.3, -0.25) is 0 Å². The number of carbonyl (C=O) groups is 2. The van der Waals surface area contributed by atoms with Crippen molar-refractivity contribution in [3.63, 3.8) is 0 Å². The number of hydrogen-bond donors (Lipinski definition) is 2. The van der Waals surface area contributed by atoms with E-state index in [1.165, 1.54) is 0 Å². The van der Waals surface area contributed by atoms with Gasteiger partial charge in [-0.2, -0.15) is 0 Å². The van der Waals surface area contributed by atoms with Crippen LogP contribution in [0, 0.1) is 0 Å². The molecule has 3 N–H and O–H groups in total. The number of carboxylic acid groups (broad SMARTS) is 2. The SMILES string of the molecule is CC(O)C(=O)[O-].NCC(=O)[O-].[Mn+2]. The molecule has 0 saturated carbocycles. The van der Waals surface area contributed by atoms with Crippen molar-refractivity contribution in [3.05, 3.63) is 0 Å². The van der Waals surface area contributed by atoms with Gasteiger partial charge in [-0.05, 0) is 6.92 Å². The zero-order chi connectivity index (χ0) is 9.44. The fourth-order valence-electron chi connectivity index (χ4n) is 0. The summed E-state index contributed by atoms with van der Waals surface area (Å²) in [6, 6.07) is 0. The van der Waals surface area contributed by atoms with Crippen molar-refractivity contribution < 1.29 is 42.0 Å². The largest absolute Gasteiger partial charge is 2.00 e. The molecular formula is C5H9MnNO5. The Morgan fingerprint density at radius 1 is 1.50 bits per heavy atom. The summed E-state index contributed by atoms with van der Waals surface area (Å²) in [5, 5.41) is 26.4. The third-order valence-corrected chi connectivity index (χ3v) is 0.508. The molecule has 0 aromatic carbocycles. The Hall–Kier alpha value is -0.621. The summed E-state index contributed by atoms with van der Waals surface area (Å²) in [6.45, 7) is 0.745. The molecule has 1 atom stereocenters. The van der Waals surface area contributed by atoms with Crippen molar-refractivity contribution in [2.24, 2.45) is 5.73 Å². The number of aliphatic hydroxyl groups excluding tert-OH is 1. The van der Waals surface area contributed by atoms with Gasteiger partial charge in [0.05, 0.1) is 18.0 Å². The van der Waals surface area contributed by atoms with Crippen LogP contribution in [-0.2, 0) is 26.7 Å². The maximum atomic E-state index is 9.34. The van der Waals surface area contributed by atoms with Crippen molar-refractivity contribution >= 4 is 11.9 Å². The first-order chi connectivity index (χ1) is 4.91. The third-order valence-electron chi connectivity index (χ3n) is 0.508. The molecule has 0 fully saturated rings. The van der Waals surface area contributed by atoms with Crippen LogP contribution in [0.4, 0.5) is 0 Å². The molecule has 0 saturated heterocycles. The molecule has 12 heavy (non-hydrogen) atoms. The first-order valence-corrected chi connectivity index (χ1v) is 2.70. The van der Waals surface area contributed by atoms with Gasteiger partial charge in [0.15, 0.2) is 0 Å². The van der Waals surface area contributed by atoms with E-state index in [1.54, 1.807) is 0 Å². The molecule has 0 aromatic heterocycles. The standard InChI is InChI=1S/C3H6O3.C2H5NO2.Mn/c1-2(4)3(5)6;3-1-2(4)5;/h2,4H,1H3,(H,5,6);1,3H2,(H,4,5);/q;;+2/p-2. The van der Waals surface area contributed by atoms with E-state index in [2.05, 4.69) is 5.73 Å². The number of carbonyl (C=O) groups excluding carboxylic acids is 2. The predicted molar refractivity (Wildman–Crippen MR) is 30.7 cm³/mol. The average molecular weight is 218 g/mol. The Kier molecular flexibility index (Phi) is 15.1. The summed E-state index contributed by atoms with van der Waals surface area (Å²) in [4.78, 5) is 18.5. The molecule has 7 heteroatoms. The van der Waals surface area contributed by atoms with Crippen LogP contribution in [-0.4, -0.2) is 29.7 Å². The fourth-order valence-corrected chi connectivity index (χ4v) is 0. The molecule has 0 aliphatic heterocycles. The maximum Gasteiger partial charge on any atom is 2.00 e. The summed E-state index contributed by atoms with van der Waals surface area (Å²) in [5.41, 5.74) is 4.51. The Balaban J connectivity index is -0.000000126. The molecule has 1 radical (unpaired) electrons. The van der Waals surface area contributed by atoms with Gasteiger partial charge in [0.1, 0.15) is 0 Å². The van der Waals surface area contributed by atoms with Crippen molar-refractivity contribution in [2.45, 2.75) is 13.0 Å². The van der Waals surface area contributed by atoms with Crippen LogP contribution in [0.2, 0.25) is 0 Å². The molecule has 71 valence electrons. The van der Waals surface area contributed by atoms with Crippen LogP contribution in [0.25, 0.3) is 0 Å². The second-order valence-corrected chi connectivity index (χ2v) is 1.57. The molecule has 0 aliphatic rings. The van der Waals surface area contributed by atoms with Crippen LogP contribution in [0.1, 0.15) is 6.92 Å². The van der Waals surface area contributed by atoms with Crippen LogP contribution in [0.3, 0.4) is 0 Å². The monoisotopic (exact) mass is 218 g/mol. The van der Waals surface area contributed by atoms with Gasteiger partial charge in [0.25, 0.3) is 0 Å². The summed E-state index contributed by atoms with van der Waals surface area (Å²) >= 11 is 0. The van der Waals surface area contributed by atoms with Gasteiger partial charge >= 0.3 is 17.1 Å². The molecule has 0 bridgehead atoms. The van der Waals surface area contributed by atoms with Gasteiger partial charge < -0.3 is 30.6 Å². The van der Waals surface area contributed by atoms with Crippen molar-refractivity contribution in [3.8, 4) is 0 Å². The number of hydrogen-bond acceptors (Lipinski definition) is 6. The van der Waals surface area contributed by atoms with Crippen LogP contribution >= 0.6 is 0 Å². The van der Waals surface area contributed by atoms with Crippen molar-refractivity contribution in [2.75, 3.05) is 6.54 Å². The molecular weight excluding hydrogens is 209 g/mol. The summed E-state index contributed by atoms with van der Waals surface area (Å²) in [6.07, 6.45) is -1.34. The Bertz CT molecular complexity index is 138. The number of aliphatic carboxylic acids is 2. The molecule has 0 spiro atoms. The van der Waals surface area contributed by atoms with E-state index in [9.17, 15) is 9.90 Å². The summed E-state index contributed by atoms with van der Waals surface area (Å²) in [5.74, 6) is -2.65. The van der Waals surface area contributed by atoms with Gasteiger partial charge in [-0.25, -0.2) is 0 Å². The first kappa shape index (κ1) is 17.5. The Morgan fingerprint density at radius 2 is 1.67 bits per heavy atom. The molecule has 0 aliphatic carbocycles. The minimum atomic E-state index is -1.44. The number of rotatable bonds is 2. The van der Waals surface area contributed by atoms with Crippen LogP contribution in [0.15, 0.2) is 0 Å². The van der Waals surface area contributed by atoms with E-state index in [4.69, 9.17) is 15.0 Å². The van der Waals surface area contributed by atoms with Gasteiger partial charge in [-0.1, -0.05) is 0 Å². The molecule has 1 unspecified atom stereocenters. The normalized spacial score (nSPS) is 9.92. The first-order valence-electron chi connectivity index (χ1n) is 2.70. The van der Waals surface area contributed by atoms with E-state index in [1.807, 2.05) is 0 Å². The van der Waals surface area contributed by atoms with Crippen molar-refractivity contribution in [1.29, 1.82) is 0 Å². The smallest absolute Gasteiger partial charge is 0.549 e. The molecule has 6 nitrogen and oxygen atoms in total. The minimum Gasteiger partial charge on any atom is -0.549 e. The fraction of sp³-hybridized carbons (Fsp3) is 0.600.